The molecule has 0 aliphatic carbocycles. The maximum Gasteiger partial charge on any atom is 0.292 e. The first-order valence-corrected chi connectivity index (χ1v) is 6.32. The van der Waals surface area contributed by atoms with E-state index in [0.29, 0.717) is 12.2 Å². The van der Waals surface area contributed by atoms with Crippen LogP contribution in [0.3, 0.4) is 0 Å². The Balaban J connectivity index is 0. The number of carbonyl (C=O) groups is 1. The lowest BCUT2D eigenvalue weighted by atomic mass is 9.98. The van der Waals surface area contributed by atoms with Crippen LogP contribution < -0.4 is 0 Å². The molecule has 0 unspecified atom stereocenters. The lowest BCUT2D eigenvalue weighted by molar-refractivity contribution is -0.126. The van der Waals surface area contributed by atoms with E-state index in [4.69, 9.17) is 4.79 Å². The molecule has 1 aromatic rings. The van der Waals surface area contributed by atoms with Crippen molar-refractivity contribution >= 4 is 6.47 Å². The van der Waals surface area contributed by atoms with Crippen LogP contribution in [0.1, 0.15) is 37.5 Å². The minimum atomic E-state index is 0.375. The predicted octanol–water partition coefficient (Wildman–Crippen LogP) is 3.94. The van der Waals surface area contributed by atoms with Crippen LogP contribution in [0.2, 0.25) is 0 Å². The minimum absolute atomic E-state index is 0.375. The Morgan fingerprint density at radius 1 is 1.32 bits per heavy atom. The first-order valence-electron chi connectivity index (χ1n) is 6.32. The molecule has 19 heavy (non-hydrogen) atoms. The van der Waals surface area contributed by atoms with E-state index < -0.39 is 0 Å². The van der Waals surface area contributed by atoms with Gasteiger partial charge in [0, 0.05) is 5.56 Å². The molecule has 0 atom stereocenters. The molecule has 0 aromatic heterocycles. The average molecular weight is 266 g/mol. The summed E-state index contributed by atoms with van der Waals surface area (Å²) in [7, 11) is 1.31. The van der Waals surface area contributed by atoms with Crippen LogP contribution in [0.5, 0.6) is 5.75 Å². The van der Waals surface area contributed by atoms with E-state index in [1.807, 2.05) is 46.8 Å². The smallest absolute Gasteiger partial charge is 0.292 e. The van der Waals surface area contributed by atoms with Crippen molar-refractivity contribution < 1.29 is 14.6 Å². The fourth-order valence-electron chi connectivity index (χ4n) is 1.38. The van der Waals surface area contributed by atoms with E-state index in [9.17, 15) is 5.11 Å². The molecule has 0 heterocycles. The Bertz CT molecular complexity index is 395. The van der Waals surface area contributed by atoms with Crippen molar-refractivity contribution in [1.82, 2.24) is 0 Å². The molecule has 0 radical (unpaired) electrons. The van der Waals surface area contributed by atoms with E-state index in [1.54, 1.807) is 0 Å². The third kappa shape index (κ3) is 8.03. The van der Waals surface area contributed by atoms with Crippen molar-refractivity contribution in [3.63, 3.8) is 0 Å². The molecular weight excluding hydrogens is 240 g/mol. The number of phenols is 1. The monoisotopic (exact) mass is 266 g/mol. The van der Waals surface area contributed by atoms with Gasteiger partial charge in [0.1, 0.15) is 5.75 Å². The van der Waals surface area contributed by atoms with Gasteiger partial charge in [-0.05, 0) is 38.3 Å². The van der Waals surface area contributed by atoms with Crippen molar-refractivity contribution in [3.05, 3.63) is 41.0 Å². The number of aromatic hydroxyl groups is 1. The number of aryl methyl sites for hydroxylation is 2. The van der Waals surface area contributed by atoms with Gasteiger partial charge in [-0.3, -0.25) is 4.79 Å². The Kier molecular flexibility index (Phi) is 11.7. The van der Waals surface area contributed by atoms with Crippen molar-refractivity contribution in [2.24, 2.45) is 0 Å². The highest BCUT2D eigenvalue weighted by molar-refractivity contribution is 5.45. The van der Waals surface area contributed by atoms with Crippen LogP contribution in [-0.4, -0.2) is 18.7 Å². The molecule has 0 aliphatic rings. The molecule has 0 saturated carbocycles. The molecule has 3 heteroatoms. The second-order valence-corrected chi connectivity index (χ2v) is 3.99. The third-order valence-electron chi connectivity index (χ3n) is 2.29. The number of phenolic OH excluding ortho intramolecular Hbond substituents is 1. The van der Waals surface area contributed by atoms with Gasteiger partial charge in [-0.1, -0.05) is 38.1 Å². The maximum absolute atomic E-state index is 9.79. The van der Waals surface area contributed by atoms with Gasteiger partial charge in [-0.15, -0.1) is 0 Å². The Labute approximate surface area is 116 Å². The van der Waals surface area contributed by atoms with Crippen molar-refractivity contribution in [3.8, 4) is 5.75 Å². The summed E-state index contributed by atoms with van der Waals surface area (Å²) in [5, 5.41) is 9.79. The van der Waals surface area contributed by atoms with Crippen molar-refractivity contribution in [2.45, 2.75) is 41.0 Å². The maximum atomic E-state index is 9.79. The van der Waals surface area contributed by atoms with E-state index in [-0.39, 0.29) is 0 Å². The predicted molar refractivity (Wildman–Crippen MR) is 80.5 cm³/mol. The second-order valence-electron chi connectivity index (χ2n) is 3.99. The summed E-state index contributed by atoms with van der Waals surface area (Å²) in [5.74, 6) is 0.419. The summed E-state index contributed by atoms with van der Waals surface area (Å²) < 4.78 is 3.86. The van der Waals surface area contributed by atoms with Gasteiger partial charge in [0.2, 0.25) is 0 Å². The number of carbonyl (C=O) groups excluding carboxylic acids is 1. The van der Waals surface area contributed by atoms with Gasteiger partial charge in [-0.2, -0.15) is 0 Å². The molecular formula is C16H26O3. The minimum Gasteiger partial charge on any atom is -0.507 e. The molecule has 0 spiro atoms. The topological polar surface area (TPSA) is 46.5 Å². The zero-order valence-electron chi connectivity index (χ0n) is 12.9. The highest BCUT2D eigenvalue weighted by atomic mass is 16.5. The van der Waals surface area contributed by atoms with Crippen LogP contribution in [-0.2, 0) is 16.0 Å². The van der Waals surface area contributed by atoms with Gasteiger partial charge >= 0.3 is 0 Å². The number of rotatable bonds is 3. The number of ether oxygens (including phenoxy) is 1. The van der Waals surface area contributed by atoms with Crippen LogP contribution in [0.25, 0.3) is 0 Å². The number of hydrogen-bond donors (Lipinski definition) is 1. The summed E-state index contributed by atoms with van der Waals surface area (Å²) in [6.45, 7) is 14.1. The van der Waals surface area contributed by atoms with Gasteiger partial charge in [0.15, 0.2) is 0 Å². The first-order chi connectivity index (χ1) is 8.93. The SMILES string of the molecule is C=C(C)Cc1c(C)ccc(C)c1O.CC.COC=O. The standard InChI is InChI=1S/C12H16O.C2H4O2.C2H6/c1-8(2)7-11-9(3)5-6-10(4)12(11)13;1-4-2-3;1-2/h5-6,13H,1,7H2,2-4H3;2H,1H3;1-2H3. The number of hydrogen-bond acceptors (Lipinski definition) is 3. The molecule has 0 aliphatic heterocycles. The van der Waals surface area contributed by atoms with Crippen molar-refractivity contribution in [1.29, 1.82) is 0 Å². The van der Waals surface area contributed by atoms with E-state index in [0.717, 1.165) is 28.7 Å². The molecule has 1 N–H and O–H groups in total. The van der Waals surface area contributed by atoms with Crippen molar-refractivity contribution in [2.75, 3.05) is 7.11 Å². The number of benzene rings is 1. The summed E-state index contributed by atoms with van der Waals surface area (Å²) in [6, 6.07) is 3.97. The van der Waals surface area contributed by atoms with Gasteiger partial charge < -0.3 is 9.84 Å². The fourth-order valence-corrected chi connectivity index (χ4v) is 1.38. The molecule has 0 bridgehead atoms. The van der Waals surface area contributed by atoms with E-state index >= 15 is 0 Å². The molecule has 0 saturated heterocycles. The molecule has 0 amide bonds. The molecule has 1 aromatic carbocycles. The van der Waals surface area contributed by atoms with Gasteiger partial charge in [0.05, 0.1) is 7.11 Å². The highest BCUT2D eigenvalue weighted by Crippen LogP contribution is 2.26. The van der Waals surface area contributed by atoms with Crippen LogP contribution in [0.4, 0.5) is 0 Å². The lowest BCUT2D eigenvalue weighted by Gasteiger charge is -2.10. The normalized spacial score (nSPS) is 8.32. The van der Waals surface area contributed by atoms with Crippen LogP contribution in [0, 0.1) is 13.8 Å². The number of methoxy groups -OCH3 is 1. The molecule has 3 nitrogen and oxygen atoms in total. The zero-order chi connectivity index (χ0) is 15.4. The summed E-state index contributed by atoms with van der Waals surface area (Å²) in [4.78, 5) is 8.95. The fraction of sp³-hybridized carbons (Fsp3) is 0.438. The Morgan fingerprint density at radius 3 is 2.11 bits per heavy atom. The zero-order valence-corrected chi connectivity index (χ0v) is 12.9. The van der Waals surface area contributed by atoms with Crippen LogP contribution >= 0.6 is 0 Å². The molecule has 0 fully saturated rings. The van der Waals surface area contributed by atoms with Gasteiger partial charge in [-0.25, -0.2) is 0 Å². The summed E-state index contributed by atoms with van der Waals surface area (Å²) in [6.07, 6.45) is 0.763. The first kappa shape index (κ1) is 19.6. The van der Waals surface area contributed by atoms with Gasteiger partial charge in [0.25, 0.3) is 6.47 Å². The van der Waals surface area contributed by atoms with E-state index in [1.165, 1.54) is 7.11 Å². The lowest BCUT2D eigenvalue weighted by Crippen LogP contribution is -1.92. The highest BCUT2D eigenvalue weighted by Gasteiger charge is 2.06. The Morgan fingerprint density at radius 2 is 1.74 bits per heavy atom. The average Bonchev–Trinajstić information content (AvgIpc) is 2.41. The third-order valence-corrected chi connectivity index (χ3v) is 2.29. The summed E-state index contributed by atoms with van der Waals surface area (Å²) in [5.41, 5.74) is 4.14. The quantitative estimate of drug-likeness (QED) is 0.665. The summed E-state index contributed by atoms with van der Waals surface area (Å²) >= 11 is 0. The van der Waals surface area contributed by atoms with E-state index in [2.05, 4.69) is 11.3 Å². The second kappa shape index (κ2) is 11.3. The molecule has 108 valence electrons. The largest absolute Gasteiger partial charge is 0.507 e. The number of allylic oxidation sites excluding steroid dienone is 1. The Hall–Kier alpha value is -1.77. The molecule has 1 rings (SSSR count). The van der Waals surface area contributed by atoms with Crippen LogP contribution in [0.15, 0.2) is 24.3 Å².